The summed E-state index contributed by atoms with van der Waals surface area (Å²) in [5.41, 5.74) is 7.18. The van der Waals surface area contributed by atoms with Crippen molar-refractivity contribution in [1.82, 2.24) is 20.3 Å². The molecule has 0 bridgehead atoms. The fourth-order valence-corrected chi connectivity index (χ4v) is 4.94. The summed E-state index contributed by atoms with van der Waals surface area (Å²) < 4.78 is 27.6. The number of nitrogens with zero attached hydrogens (tertiary/aromatic N) is 1. The minimum atomic E-state index is -4.03. The van der Waals surface area contributed by atoms with Gasteiger partial charge in [0, 0.05) is 32.6 Å². The minimum absolute atomic E-state index is 0.0544. The van der Waals surface area contributed by atoms with E-state index < -0.39 is 45.8 Å². The molecule has 39 heavy (non-hydrogen) atoms. The van der Waals surface area contributed by atoms with Gasteiger partial charge in [-0.05, 0) is 24.5 Å². The Morgan fingerprint density at radius 3 is 2.15 bits per heavy atom. The van der Waals surface area contributed by atoms with Crippen molar-refractivity contribution >= 4 is 33.6 Å². The summed E-state index contributed by atoms with van der Waals surface area (Å²) in [6.45, 7) is 1.35. The molecule has 3 amide bonds. The Morgan fingerprint density at radius 2 is 1.62 bits per heavy atom. The smallest absolute Gasteiger partial charge is 0.242 e. The summed E-state index contributed by atoms with van der Waals surface area (Å²) in [5.74, 6) is -2.27. The van der Waals surface area contributed by atoms with Crippen LogP contribution in [-0.2, 0) is 36.7 Å². The monoisotopic (exact) mass is 560 g/mol. The molecule has 3 unspecified atom stereocenters. The molecule has 3 atom stereocenters. The number of nitrogens with one attached hydrogen (secondary N) is 4. The van der Waals surface area contributed by atoms with Gasteiger partial charge in [-0.25, -0.2) is 8.42 Å². The minimum Gasteiger partial charge on any atom is -0.391 e. The fraction of sp³-hybridized carbons (Fsp3) is 0.385. The number of amidine groups is 1. The maximum Gasteiger partial charge on any atom is 0.242 e. The molecule has 2 aromatic carbocycles. The zero-order chi connectivity index (χ0) is 29.2. The van der Waals surface area contributed by atoms with Gasteiger partial charge in [-0.3, -0.25) is 19.8 Å². The van der Waals surface area contributed by atoms with Gasteiger partial charge in [-0.15, -0.1) is 0 Å². The van der Waals surface area contributed by atoms with Gasteiger partial charge >= 0.3 is 0 Å². The molecule has 212 valence electrons. The highest BCUT2D eigenvalue weighted by Gasteiger charge is 2.32. The lowest BCUT2D eigenvalue weighted by Gasteiger charge is -2.25. The lowest BCUT2D eigenvalue weighted by Crippen LogP contribution is -2.57. The summed E-state index contributed by atoms with van der Waals surface area (Å²) in [7, 11) is -0.907. The Labute approximate surface area is 228 Å². The number of carbonyl (C=O) groups excluding carboxylic acids is 3. The van der Waals surface area contributed by atoms with E-state index >= 15 is 0 Å². The van der Waals surface area contributed by atoms with Crippen LogP contribution >= 0.6 is 0 Å². The van der Waals surface area contributed by atoms with Crippen molar-refractivity contribution in [3.05, 3.63) is 71.3 Å². The van der Waals surface area contributed by atoms with Crippen LogP contribution in [0.4, 0.5) is 0 Å². The van der Waals surface area contributed by atoms with Crippen molar-refractivity contribution in [2.75, 3.05) is 14.1 Å². The van der Waals surface area contributed by atoms with Gasteiger partial charge in [-0.1, -0.05) is 54.6 Å². The van der Waals surface area contributed by atoms with E-state index in [4.69, 9.17) is 11.1 Å². The molecule has 2 aromatic rings. The number of aliphatic hydroxyl groups is 1. The first kappa shape index (κ1) is 31.4. The molecule has 0 saturated carbocycles. The molecular formula is C26H36N6O6S. The van der Waals surface area contributed by atoms with Crippen LogP contribution in [-0.4, -0.2) is 74.3 Å². The molecule has 7 N–H and O–H groups in total. The van der Waals surface area contributed by atoms with Crippen molar-refractivity contribution in [3.63, 3.8) is 0 Å². The molecule has 0 aromatic heterocycles. The number of benzene rings is 2. The second-order valence-corrected chi connectivity index (χ2v) is 11.1. The standard InChI is InChI=1S/C26H36N6O6S/c1-17(33)23(31-39(37,38)16-19-7-5-4-6-8-19)26(36)30-21(13-14-22(34)32(2)3)25(35)29-15-18-9-11-20(12-10-18)24(27)28/h4-12,17,21,23,31,33H,13-16H2,1-3H3,(H3,27,28)(H,29,35)(H,30,36). The number of amides is 3. The average molecular weight is 561 g/mol. The Morgan fingerprint density at radius 1 is 1.00 bits per heavy atom. The molecular weight excluding hydrogens is 524 g/mol. The number of hydrogen-bond donors (Lipinski definition) is 6. The summed E-state index contributed by atoms with van der Waals surface area (Å²) in [6.07, 6.45) is -1.53. The summed E-state index contributed by atoms with van der Waals surface area (Å²) in [6, 6.07) is 12.2. The number of aliphatic hydroxyl groups excluding tert-OH is 1. The molecule has 0 heterocycles. The third kappa shape index (κ3) is 10.5. The van der Waals surface area contributed by atoms with E-state index in [0.29, 0.717) is 16.7 Å². The van der Waals surface area contributed by atoms with Crippen LogP contribution in [0.5, 0.6) is 0 Å². The maximum absolute atomic E-state index is 13.1. The molecule has 0 fully saturated rings. The van der Waals surface area contributed by atoms with E-state index in [9.17, 15) is 27.9 Å². The molecule has 0 spiro atoms. The zero-order valence-corrected chi connectivity index (χ0v) is 23.0. The topological polar surface area (TPSA) is 195 Å². The van der Waals surface area contributed by atoms with Crippen LogP contribution < -0.4 is 21.1 Å². The first-order chi connectivity index (χ1) is 18.3. The van der Waals surface area contributed by atoms with Crippen molar-refractivity contribution in [3.8, 4) is 0 Å². The van der Waals surface area contributed by atoms with E-state index in [-0.39, 0.29) is 31.1 Å². The van der Waals surface area contributed by atoms with Crippen LogP contribution in [0.3, 0.4) is 0 Å². The van der Waals surface area contributed by atoms with Crippen LogP contribution in [0.2, 0.25) is 0 Å². The molecule has 13 heteroatoms. The largest absolute Gasteiger partial charge is 0.391 e. The van der Waals surface area contributed by atoms with Gasteiger partial charge in [0.1, 0.15) is 17.9 Å². The van der Waals surface area contributed by atoms with E-state index in [1.165, 1.54) is 11.8 Å². The van der Waals surface area contributed by atoms with Crippen molar-refractivity contribution in [2.45, 2.75) is 50.3 Å². The Bertz CT molecular complexity index is 1250. The van der Waals surface area contributed by atoms with Crippen molar-refractivity contribution in [1.29, 1.82) is 5.41 Å². The highest BCUT2D eigenvalue weighted by molar-refractivity contribution is 7.88. The van der Waals surface area contributed by atoms with Gasteiger partial charge in [-0.2, -0.15) is 4.72 Å². The molecule has 0 saturated heterocycles. The average Bonchev–Trinajstić information content (AvgIpc) is 2.88. The molecule has 12 nitrogen and oxygen atoms in total. The highest BCUT2D eigenvalue weighted by atomic mass is 32.2. The Balaban J connectivity index is 2.14. The third-order valence-electron chi connectivity index (χ3n) is 5.78. The van der Waals surface area contributed by atoms with E-state index in [1.807, 2.05) is 0 Å². The number of carbonyl (C=O) groups is 3. The second kappa shape index (κ2) is 14.4. The highest BCUT2D eigenvalue weighted by Crippen LogP contribution is 2.09. The number of nitrogen functional groups attached to an aromatic ring is 1. The third-order valence-corrected chi connectivity index (χ3v) is 7.11. The number of sulfonamides is 1. The Kier molecular flexibility index (Phi) is 11.6. The van der Waals surface area contributed by atoms with Crippen LogP contribution in [0.25, 0.3) is 0 Å². The SMILES string of the molecule is CC(O)C(NS(=O)(=O)Cc1ccccc1)C(=O)NC(CCC(=O)N(C)C)C(=O)NCc1ccc(C(=N)N)cc1. The van der Waals surface area contributed by atoms with Crippen LogP contribution in [0.1, 0.15) is 36.5 Å². The van der Waals surface area contributed by atoms with Gasteiger partial charge in [0.25, 0.3) is 0 Å². The van der Waals surface area contributed by atoms with Gasteiger partial charge in [0.15, 0.2) is 0 Å². The lowest BCUT2D eigenvalue weighted by molar-refractivity contribution is -0.133. The number of rotatable bonds is 14. The maximum atomic E-state index is 13.1. The van der Waals surface area contributed by atoms with Crippen molar-refractivity contribution < 1.29 is 27.9 Å². The predicted molar refractivity (Wildman–Crippen MR) is 147 cm³/mol. The lowest BCUT2D eigenvalue weighted by atomic mass is 10.1. The van der Waals surface area contributed by atoms with Gasteiger partial charge in [0.2, 0.25) is 27.7 Å². The molecule has 0 aliphatic heterocycles. The molecule has 0 aliphatic carbocycles. The van der Waals surface area contributed by atoms with Crippen molar-refractivity contribution in [2.24, 2.45) is 5.73 Å². The Hall–Kier alpha value is -3.81. The van der Waals surface area contributed by atoms with E-state index in [0.717, 1.165) is 0 Å². The predicted octanol–water partition coefficient (Wildman–Crippen LogP) is -0.191. The van der Waals surface area contributed by atoms with E-state index in [1.54, 1.807) is 68.7 Å². The quantitative estimate of drug-likeness (QED) is 0.136. The van der Waals surface area contributed by atoms with Gasteiger partial charge in [0.05, 0.1) is 11.9 Å². The van der Waals surface area contributed by atoms with Crippen LogP contribution in [0, 0.1) is 5.41 Å². The summed E-state index contributed by atoms with van der Waals surface area (Å²) >= 11 is 0. The first-order valence-electron chi connectivity index (χ1n) is 12.2. The van der Waals surface area contributed by atoms with Gasteiger partial charge < -0.3 is 26.4 Å². The molecule has 0 aliphatic rings. The number of hydrogen-bond acceptors (Lipinski definition) is 7. The van der Waals surface area contributed by atoms with Crippen LogP contribution in [0.15, 0.2) is 54.6 Å². The second-order valence-electron chi connectivity index (χ2n) is 9.30. The summed E-state index contributed by atoms with van der Waals surface area (Å²) in [5, 5.41) is 22.8. The normalized spacial score (nSPS) is 13.5. The van der Waals surface area contributed by atoms with E-state index in [2.05, 4.69) is 15.4 Å². The molecule has 2 rings (SSSR count). The fourth-order valence-electron chi connectivity index (χ4n) is 3.54. The number of nitrogens with two attached hydrogens (primary N) is 1. The first-order valence-corrected chi connectivity index (χ1v) is 13.9. The summed E-state index contributed by atoms with van der Waals surface area (Å²) in [4.78, 5) is 39.6. The molecule has 0 radical (unpaired) electrons. The zero-order valence-electron chi connectivity index (χ0n) is 22.2.